The number of allylic oxidation sites excluding steroid dienone is 1. The summed E-state index contributed by atoms with van der Waals surface area (Å²) in [6.45, 7) is 4.42. The second-order valence-electron chi connectivity index (χ2n) is 12.2. The van der Waals surface area contributed by atoms with E-state index < -0.39 is 0 Å². The molecule has 0 spiro atoms. The molecule has 41 heavy (non-hydrogen) atoms. The number of carbonyl (C=O) groups excluding carboxylic acids is 2. The number of carbonyl (C=O) groups is 2. The Morgan fingerprint density at radius 2 is 0.902 bits per heavy atom. The van der Waals surface area contributed by atoms with Gasteiger partial charge in [0.2, 0.25) is 0 Å². The van der Waals surface area contributed by atoms with E-state index >= 15 is 0 Å². The van der Waals surface area contributed by atoms with Crippen LogP contribution in [-0.4, -0.2) is 34.4 Å². The first-order valence-electron chi connectivity index (χ1n) is 17.7. The van der Waals surface area contributed by atoms with Gasteiger partial charge in [0.1, 0.15) is 0 Å². The Bertz CT molecular complexity index is 603. The van der Waals surface area contributed by atoms with Crippen LogP contribution in [0.3, 0.4) is 0 Å². The van der Waals surface area contributed by atoms with Crippen molar-refractivity contribution in [2.24, 2.45) is 0 Å². The van der Waals surface area contributed by atoms with E-state index in [0.29, 0.717) is 12.8 Å². The summed E-state index contributed by atoms with van der Waals surface area (Å²) >= 11 is 0. The highest BCUT2D eigenvalue weighted by Crippen LogP contribution is 2.15. The minimum Gasteiger partial charge on any atom is -0.393 e. The van der Waals surface area contributed by atoms with Gasteiger partial charge in [-0.15, -0.1) is 0 Å². The number of aliphatic hydroxyl groups is 2. The van der Waals surface area contributed by atoms with Gasteiger partial charge in [0, 0.05) is 12.8 Å². The first-order chi connectivity index (χ1) is 20.0. The lowest BCUT2D eigenvalue weighted by Crippen LogP contribution is -2.11. The molecule has 0 amide bonds. The largest absolute Gasteiger partial charge is 0.393 e. The maximum absolute atomic E-state index is 11.9. The van der Waals surface area contributed by atoms with Gasteiger partial charge in [-0.2, -0.15) is 0 Å². The monoisotopic (exact) mass is 581 g/mol. The number of hydrogen-bond donors (Lipinski definition) is 2. The second kappa shape index (κ2) is 31.7. The molecule has 0 aromatic rings. The zero-order valence-corrected chi connectivity index (χ0v) is 27.2. The van der Waals surface area contributed by atoms with E-state index in [2.05, 4.69) is 26.0 Å². The summed E-state index contributed by atoms with van der Waals surface area (Å²) in [5.41, 5.74) is 0. The fraction of sp³-hybridized carbons (Fsp3) is 0.889. The van der Waals surface area contributed by atoms with E-state index in [-0.39, 0.29) is 24.1 Å². The summed E-state index contributed by atoms with van der Waals surface area (Å²) < 4.78 is 4.98. The highest BCUT2D eigenvalue weighted by Gasteiger charge is 2.10. The summed E-state index contributed by atoms with van der Waals surface area (Å²) in [6.07, 6.45) is 33.0. The van der Waals surface area contributed by atoms with Crippen molar-refractivity contribution in [2.45, 2.75) is 206 Å². The Morgan fingerprint density at radius 1 is 0.512 bits per heavy atom. The third kappa shape index (κ3) is 31.6. The predicted molar refractivity (Wildman–Crippen MR) is 173 cm³/mol. The third-order valence-corrected chi connectivity index (χ3v) is 8.00. The zero-order valence-electron chi connectivity index (χ0n) is 27.2. The Labute approximate surface area is 254 Å². The van der Waals surface area contributed by atoms with E-state index in [1.807, 2.05) is 0 Å². The molecule has 5 heteroatoms. The third-order valence-electron chi connectivity index (χ3n) is 8.00. The van der Waals surface area contributed by atoms with E-state index in [1.54, 1.807) is 0 Å². The first-order valence-corrected chi connectivity index (χ1v) is 17.7. The van der Waals surface area contributed by atoms with Crippen molar-refractivity contribution in [1.82, 2.24) is 0 Å². The Hall–Kier alpha value is -1.20. The van der Waals surface area contributed by atoms with Gasteiger partial charge >= 0.3 is 11.9 Å². The molecule has 1 unspecified atom stereocenters. The van der Waals surface area contributed by atoms with Crippen LogP contribution in [0.25, 0.3) is 0 Å². The molecule has 0 rings (SSSR count). The molecule has 0 aromatic carbocycles. The highest BCUT2D eigenvalue weighted by atomic mass is 16.6. The molecule has 0 heterocycles. The summed E-state index contributed by atoms with van der Waals surface area (Å²) in [5, 5.41) is 20.0. The second-order valence-corrected chi connectivity index (χ2v) is 12.2. The number of unbranched alkanes of at least 4 members (excludes halogenated alkanes) is 18. The highest BCUT2D eigenvalue weighted by molar-refractivity contribution is 5.85. The molecule has 0 radical (unpaired) electrons. The number of hydrogen-bond acceptors (Lipinski definition) is 5. The van der Waals surface area contributed by atoms with Crippen molar-refractivity contribution in [3.05, 3.63) is 12.2 Å². The minimum absolute atomic E-state index is 0.113. The topological polar surface area (TPSA) is 83.8 Å². The van der Waals surface area contributed by atoms with Crippen molar-refractivity contribution in [3.8, 4) is 0 Å². The van der Waals surface area contributed by atoms with Crippen LogP contribution in [0.15, 0.2) is 12.2 Å². The van der Waals surface area contributed by atoms with Crippen molar-refractivity contribution in [3.63, 3.8) is 0 Å². The molecule has 0 saturated heterocycles. The van der Waals surface area contributed by atoms with Crippen LogP contribution >= 0.6 is 0 Å². The van der Waals surface area contributed by atoms with Crippen LogP contribution in [0.5, 0.6) is 0 Å². The molecule has 0 aliphatic rings. The molecule has 0 aliphatic heterocycles. The Kier molecular flexibility index (Phi) is 30.8. The van der Waals surface area contributed by atoms with Gasteiger partial charge < -0.3 is 14.9 Å². The SMILES string of the molecule is CCCCCCC(O)CCCCCCCCCCC(=O)OC(=O)CCCCCCC/C=C\C[C@H](O)CCCCCC. The average Bonchev–Trinajstić information content (AvgIpc) is 2.95. The van der Waals surface area contributed by atoms with Crippen LogP contribution in [0.1, 0.15) is 194 Å². The van der Waals surface area contributed by atoms with Gasteiger partial charge in [0.25, 0.3) is 0 Å². The molecule has 242 valence electrons. The van der Waals surface area contributed by atoms with Crippen molar-refractivity contribution >= 4 is 11.9 Å². The normalized spacial score (nSPS) is 13.1. The van der Waals surface area contributed by atoms with Gasteiger partial charge in [0.05, 0.1) is 12.2 Å². The molecular weight excluding hydrogens is 512 g/mol. The van der Waals surface area contributed by atoms with Gasteiger partial charge in [-0.25, -0.2) is 0 Å². The molecule has 0 bridgehead atoms. The predicted octanol–water partition coefficient (Wildman–Crippen LogP) is 10.3. The number of esters is 2. The summed E-state index contributed by atoms with van der Waals surface area (Å²) in [6, 6.07) is 0. The fourth-order valence-electron chi connectivity index (χ4n) is 5.25. The van der Waals surface area contributed by atoms with Gasteiger partial charge in [-0.3, -0.25) is 9.59 Å². The van der Waals surface area contributed by atoms with Crippen LogP contribution in [-0.2, 0) is 14.3 Å². The summed E-state index contributed by atoms with van der Waals surface area (Å²) in [4.78, 5) is 23.8. The van der Waals surface area contributed by atoms with Gasteiger partial charge in [0.15, 0.2) is 0 Å². The number of rotatable bonds is 31. The molecule has 0 saturated carbocycles. The molecule has 0 fully saturated rings. The van der Waals surface area contributed by atoms with Gasteiger partial charge in [-0.1, -0.05) is 142 Å². The molecular formula is C36H68O5. The maximum atomic E-state index is 11.9. The van der Waals surface area contributed by atoms with Crippen molar-refractivity contribution in [1.29, 1.82) is 0 Å². The van der Waals surface area contributed by atoms with E-state index in [9.17, 15) is 19.8 Å². The molecule has 5 nitrogen and oxygen atoms in total. The van der Waals surface area contributed by atoms with Crippen LogP contribution in [0, 0.1) is 0 Å². The number of ether oxygens (including phenoxy) is 1. The van der Waals surface area contributed by atoms with E-state index in [1.165, 1.54) is 64.2 Å². The Balaban J connectivity index is 3.43. The van der Waals surface area contributed by atoms with E-state index in [4.69, 9.17) is 4.74 Å². The fourth-order valence-corrected chi connectivity index (χ4v) is 5.25. The zero-order chi connectivity index (χ0) is 30.2. The lowest BCUT2D eigenvalue weighted by atomic mass is 10.0. The Morgan fingerprint density at radius 3 is 1.39 bits per heavy atom. The standard InChI is InChI=1S/C36H68O5/c1-3-5-7-21-27-33(37)29-23-17-13-9-11-15-19-25-31-35(39)41-36(40)32-26-20-16-12-10-14-18-24-30-34(38)28-22-8-6-4-2/h17,23,33-34,37-38H,3-16,18-22,24-32H2,1-2H3/b23-17-/t33-,34?/m1/s1. The van der Waals surface area contributed by atoms with Crippen molar-refractivity contribution < 1.29 is 24.5 Å². The van der Waals surface area contributed by atoms with Crippen LogP contribution < -0.4 is 0 Å². The van der Waals surface area contributed by atoms with Crippen LogP contribution in [0.4, 0.5) is 0 Å². The number of aliphatic hydroxyl groups excluding tert-OH is 2. The summed E-state index contributed by atoms with van der Waals surface area (Å²) in [5.74, 6) is -0.752. The maximum Gasteiger partial charge on any atom is 0.313 e. The minimum atomic E-state index is -0.378. The molecule has 2 atom stereocenters. The quantitative estimate of drug-likeness (QED) is 0.0369. The van der Waals surface area contributed by atoms with Gasteiger partial charge in [-0.05, 0) is 51.4 Å². The molecule has 0 aromatic heterocycles. The van der Waals surface area contributed by atoms with Crippen molar-refractivity contribution in [2.75, 3.05) is 0 Å². The first kappa shape index (κ1) is 39.8. The lowest BCUT2D eigenvalue weighted by molar-refractivity contribution is -0.159. The van der Waals surface area contributed by atoms with E-state index in [0.717, 1.165) is 103 Å². The smallest absolute Gasteiger partial charge is 0.313 e. The molecule has 0 aliphatic carbocycles. The molecule has 2 N–H and O–H groups in total. The summed E-state index contributed by atoms with van der Waals surface area (Å²) in [7, 11) is 0. The average molecular weight is 581 g/mol. The van der Waals surface area contributed by atoms with Crippen LogP contribution in [0.2, 0.25) is 0 Å². The lowest BCUT2D eigenvalue weighted by Gasteiger charge is -2.10.